The Morgan fingerprint density at radius 2 is 1.74 bits per heavy atom. The zero-order valence-corrected chi connectivity index (χ0v) is 25.7. The number of carbonyl (C=O) groups excluding carboxylic acids is 2. The van der Waals surface area contributed by atoms with Gasteiger partial charge in [0, 0.05) is 19.1 Å². The molecule has 0 bridgehead atoms. The maximum absolute atomic E-state index is 14.0. The van der Waals surface area contributed by atoms with Crippen molar-refractivity contribution in [1.29, 1.82) is 0 Å². The highest BCUT2D eigenvalue weighted by Gasteiger charge is 2.33. The van der Waals surface area contributed by atoms with Gasteiger partial charge in [-0.25, -0.2) is 23.7 Å². The number of aromatic nitrogens is 4. The molecule has 1 atom stereocenters. The van der Waals surface area contributed by atoms with Crippen molar-refractivity contribution in [2.75, 3.05) is 27.2 Å². The van der Waals surface area contributed by atoms with Gasteiger partial charge >= 0.3 is 17.9 Å². The number of amides is 2. The van der Waals surface area contributed by atoms with Crippen LogP contribution in [0.5, 0.6) is 0 Å². The first kappa shape index (κ1) is 32.2. The number of carbonyl (C=O) groups is 2. The molecule has 1 saturated heterocycles. The van der Waals surface area contributed by atoms with E-state index in [1.54, 1.807) is 35.2 Å². The zero-order valence-electron chi connectivity index (χ0n) is 25.7. The van der Waals surface area contributed by atoms with Gasteiger partial charge in [0.1, 0.15) is 11.7 Å². The van der Waals surface area contributed by atoms with Crippen LogP contribution in [0.4, 0.5) is 23.7 Å². The highest BCUT2D eigenvalue weighted by atomic mass is 19.4. The lowest BCUT2D eigenvalue weighted by molar-refractivity contribution is -0.137. The Kier molecular flexibility index (Phi) is 8.89. The maximum Gasteiger partial charge on any atom is 0.416 e. The van der Waals surface area contributed by atoms with E-state index in [-0.39, 0.29) is 28.7 Å². The molecule has 1 aliphatic rings. The minimum absolute atomic E-state index is 0.0677. The smallest absolute Gasteiger partial charge is 0.341 e. The summed E-state index contributed by atoms with van der Waals surface area (Å²) >= 11 is 0. The Bertz CT molecular complexity index is 1860. The van der Waals surface area contributed by atoms with Crippen LogP contribution in [0, 0.1) is 13.5 Å². The van der Waals surface area contributed by atoms with E-state index in [9.17, 15) is 27.6 Å². The van der Waals surface area contributed by atoms with Gasteiger partial charge in [-0.1, -0.05) is 18.2 Å². The van der Waals surface area contributed by atoms with Crippen molar-refractivity contribution in [3.05, 3.63) is 94.0 Å². The van der Waals surface area contributed by atoms with Crippen LogP contribution < -0.4 is 11.0 Å². The molecule has 240 valence electrons. The summed E-state index contributed by atoms with van der Waals surface area (Å²) in [6.45, 7) is 11.3. The number of piperidine rings is 1. The molecule has 3 heterocycles. The third kappa shape index (κ3) is 6.18. The van der Waals surface area contributed by atoms with Crippen molar-refractivity contribution in [3.63, 3.8) is 0 Å². The van der Waals surface area contributed by atoms with E-state index in [4.69, 9.17) is 6.57 Å². The van der Waals surface area contributed by atoms with Gasteiger partial charge in [0.2, 0.25) is 5.91 Å². The molecule has 0 radical (unpaired) electrons. The van der Waals surface area contributed by atoms with Gasteiger partial charge in [0.05, 0.1) is 41.1 Å². The molecule has 11 nitrogen and oxygen atoms in total. The summed E-state index contributed by atoms with van der Waals surface area (Å²) in [5.74, 6) is -0.306. The number of benzene rings is 2. The average Bonchev–Trinajstić information content (AvgIpc) is 3.61. The summed E-state index contributed by atoms with van der Waals surface area (Å²) in [5, 5.41) is 7.00. The van der Waals surface area contributed by atoms with Gasteiger partial charge in [-0.05, 0) is 77.2 Å². The lowest BCUT2D eigenvalue weighted by Crippen LogP contribution is -2.52. The predicted molar refractivity (Wildman–Crippen MR) is 165 cm³/mol. The van der Waals surface area contributed by atoms with Crippen molar-refractivity contribution in [2.24, 2.45) is 0 Å². The minimum atomic E-state index is -4.66. The minimum Gasteiger partial charge on any atom is -0.341 e. The summed E-state index contributed by atoms with van der Waals surface area (Å²) in [4.78, 5) is 48.4. The van der Waals surface area contributed by atoms with Gasteiger partial charge in [-0.2, -0.15) is 18.3 Å². The van der Waals surface area contributed by atoms with Crippen LogP contribution in [0.2, 0.25) is 0 Å². The molecule has 0 unspecified atom stereocenters. The van der Waals surface area contributed by atoms with E-state index >= 15 is 0 Å². The molecule has 1 aliphatic heterocycles. The van der Waals surface area contributed by atoms with Crippen molar-refractivity contribution in [1.82, 2.24) is 34.0 Å². The Morgan fingerprint density at radius 1 is 1.07 bits per heavy atom. The van der Waals surface area contributed by atoms with E-state index < -0.39 is 29.5 Å². The first-order chi connectivity index (χ1) is 21.8. The molecule has 0 aliphatic carbocycles. The molecule has 5 rings (SSSR count). The molecule has 1 fully saturated rings. The van der Waals surface area contributed by atoms with Gasteiger partial charge in [0.15, 0.2) is 5.69 Å². The van der Waals surface area contributed by atoms with E-state index in [1.807, 2.05) is 14.1 Å². The van der Waals surface area contributed by atoms with Gasteiger partial charge < -0.3 is 15.1 Å². The molecule has 46 heavy (non-hydrogen) atoms. The Balaban J connectivity index is 1.58. The number of likely N-dealkylation sites (tertiary alicyclic amines) is 1. The lowest BCUT2D eigenvalue weighted by Gasteiger charge is -2.36. The Morgan fingerprint density at radius 3 is 2.35 bits per heavy atom. The maximum atomic E-state index is 14.0. The molecule has 2 aromatic heterocycles. The van der Waals surface area contributed by atoms with Crippen LogP contribution in [0.25, 0.3) is 27.6 Å². The average molecular weight is 635 g/mol. The van der Waals surface area contributed by atoms with Crippen molar-refractivity contribution in [2.45, 2.75) is 44.9 Å². The van der Waals surface area contributed by atoms with Crippen LogP contribution in [-0.4, -0.2) is 79.9 Å². The third-order valence-electron chi connectivity index (χ3n) is 8.24. The number of hydrogen-bond acceptors (Lipinski definition) is 5. The first-order valence-electron chi connectivity index (χ1n) is 14.6. The number of halogens is 3. The Hall–Kier alpha value is -5.16. The van der Waals surface area contributed by atoms with E-state index in [0.29, 0.717) is 30.5 Å². The number of rotatable bonds is 6. The van der Waals surface area contributed by atoms with Gasteiger partial charge in [-0.3, -0.25) is 9.36 Å². The van der Waals surface area contributed by atoms with Crippen molar-refractivity contribution in [3.8, 4) is 22.8 Å². The lowest BCUT2D eigenvalue weighted by atomic mass is 10.0. The largest absolute Gasteiger partial charge is 0.416 e. The summed E-state index contributed by atoms with van der Waals surface area (Å²) < 4.78 is 44.2. The molecular formula is C32H33F3N8O3. The fourth-order valence-corrected chi connectivity index (χ4v) is 5.77. The van der Waals surface area contributed by atoms with Crippen molar-refractivity contribution < 1.29 is 22.8 Å². The molecular weight excluding hydrogens is 601 g/mol. The van der Waals surface area contributed by atoms with Gasteiger partial charge in [0.25, 0.3) is 0 Å². The fraction of sp³-hybridized carbons (Fsp3) is 0.344. The van der Waals surface area contributed by atoms with Crippen LogP contribution in [-0.2, 0) is 11.0 Å². The molecule has 1 N–H and O–H groups in total. The molecule has 2 amide bonds. The standard InChI is InChI=1S/C32H33F3N8O3/c1-20(29(44)40-17-14-24(15-18-40)39(4)5)38-30(45)42-28(27-13-16-37-43(27)25-11-9-23(36-3)10-12-25)21(2)41(31(42)46)26-8-6-7-22(19-26)32(33,34)35/h6-13,16,19-20,24H,14-15,17-18H2,1-2,4-5H3,(H,38,45)/t20-/m0/s1. The van der Waals surface area contributed by atoms with Crippen molar-refractivity contribution >= 4 is 17.6 Å². The van der Waals surface area contributed by atoms with Crippen LogP contribution in [0.15, 0.2) is 65.6 Å². The summed E-state index contributed by atoms with van der Waals surface area (Å²) in [6.07, 6.45) is -1.65. The highest BCUT2D eigenvalue weighted by Crippen LogP contribution is 2.32. The van der Waals surface area contributed by atoms with E-state index in [1.165, 1.54) is 36.9 Å². The Labute approximate surface area is 263 Å². The molecule has 0 spiro atoms. The number of hydrogen-bond donors (Lipinski definition) is 1. The molecule has 2 aromatic carbocycles. The monoisotopic (exact) mass is 634 g/mol. The highest BCUT2D eigenvalue weighted by molar-refractivity contribution is 5.89. The number of nitrogens with one attached hydrogen (secondary N) is 1. The third-order valence-corrected chi connectivity index (χ3v) is 8.24. The van der Waals surface area contributed by atoms with Gasteiger partial charge in [-0.15, -0.1) is 0 Å². The van der Waals surface area contributed by atoms with E-state index in [2.05, 4.69) is 20.2 Å². The number of alkyl halides is 3. The van der Waals surface area contributed by atoms with Crippen LogP contribution >= 0.6 is 0 Å². The SMILES string of the molecule is [C-]#[N+]c1ccc(-n2nccc2-c2c(C)n(-c3cccc(C(F)(F)F)c3)c(=O)n2C(=O)N[C@@H](C)C(=O)N2CCC(N(C)C)CC2)cc1. The topological polar surface area (TPSA) is 102 Å². The second-order valence-corrected chi connectivity index (χ2v) is 11.4. The van der Waals surface area contributed by atoms with Crippen LogP contribution in [0.3, 0.4) is 0 Å². The summed E-state index contributed by atoms with van der Waals surface area (Å²) in [5.41, 5.74) is -0.542. The second kappa shape index (κ2) is 12.7. The zero-order chi connectivity index (χ0) is 33.3. The summed E-state index contributed by atoms with van der Waals surface area (Å²) in [6, 6.07) is 10.7. The second-order valence-electron chi connectivity index (χ2n) is 11.4. The predicted octanol–water partition coefficient (Wildman–Crippen LogP) is 4.87. The van der Waals surface area contributed by atoms with Crippen LogP contribution in [0.1, 0.15) is 31.0 Å². The molecule has 14 heteroatoms. The van der Waals surface area contributed by atoms with E-state index in [0.717, 1.165) is 34.1 Å². The summed E-state index contributed by atoms with van der Waals surface area (Å²) in [7, 11) is 3.98. The molecule has 4 aromatic rings. The first-order valence-corrected chi connectivity index (χ1v) is 14.6. The molecule has 0 saturated carbocycles. The quantitative estimate of drug-likeness (QED) is 0.305. The normalized spacial score (nSPS) is 14.7. The number of nitrogens with zero attached hydrogens (tertiary/aromatic N) is 7. The number of imidazole rings is 1. The fourth-order valence-electron chi connectivity index (χ4n) is 5.77.